The third-order valence-corrected chi connectivity index (χ3v) is 10.3. The van der Waals surface area contributed by atoms with Crippen LogP contribution in [-0.4, -0.2) is 37.0 Å². The van der Waals surface area contributed by atoms with Crippen molar-refractivity contribution in [2.45, 2.75) is 70.1 Å². The van der Waals surface area contributed by atoms with Gasteiger partial charge in [0.25, 0.3) is 0 Å². The van der Waals surface area contributed by atoms with Gasteiger partial charge in [0.2, 0.25) is 0 Å². The van der Waals surface area contributed by atoms with Gasteiger partial charge in [-0.05, 0) is 54.4 Å². The summed E-state index contributed by atoms with van der Waals surface area (Å²) in [6.45, 7) is 8.40. The van der Waals surface area contributed by atoms with Gasteiger partial charge in [0, 0.05) is 17.0 Å². The second-order valence-corrected chi connectivity index (χ2v) is 12.7. The van der Waals surface area contributed by atoms with Gasteiger partial charge in [0.15, 0.2) is 16.4 Å². The number of carboxylic acids is 1. The quantitative estimate of drug-likeness (QED) is 0.738. The Labute approximate surface area is 178 Å². The minimum atomic E-state index is -3.65. The first-order valence-electron chi connectivity index (χ1n) is 10.8. The average Bonchev–Trinajstić information content (AvgIpc) is 2.61. The van der Waals surface area contributed by atoms with Crippen molar-refractivity contribution in [1.29, 1.82) is 0 Å². The molecule has 7 heteroatoms. The number of carbonyl (C=O) groups is 1. The van der Waals surface area contributed by atoms with E-state index in [2.05, 4.69) is 27.7 Å². The summed E-state index contributed by atoms with van der Waals surface area (Å²) < 4.78 is 32.0. The Morgan fingerprint density at radius 2 is 1.83 bits per heavy atom. The van der Waals surface area contributed by atoms with E-state index in [-0.39, 0.29) is 38.9 Å². The number of hydrogen-bond acceptors (Lipinski definition) is 5. The molecule has 0 saturated heterocycles. The molecule has 0 aromatic heterocycles. The zero-order valence-electron chi connectivity index (χ0n) is 18.2. The number of phenolic OH excluding ortho intramolecular Hbond substituents is 1. The van der Waals surface area contributed by atoms with Gasteiger partial charge in [-0.1, -0.05) is 34.1 Å². The molecule has 2 N–H and O–H groups in total. The summed E-state index contributed by atoms with van der Waals surface area (Å²) in [5.41, 5.74) is 0.109. The molecule has 30 heavy (non-hydrogen) atoms. The van der Waals surface area contributed by atoms with Gasteiger partial charge in [-0.2, -0.15) is 0 Å². The number of fused-ring (bicyclic) bond motifs is 5. The van der Waals surface area contributed by atoms with Crippen molar-refractivity contribution in [2.24, 2.45) is 22.7 Å². The first-order chi connectivity index (χ1) is 13.8. The summed E-state index contributed by atoms with van der Waals surface area (Å²) in [5, 5.41) is 19.8. The van der Waals surface area contributed by atoms with Crippen molar-refractivity contribution in [1.82, 2.24) is 0 Å². The maximum Gasteiger partial charge on any atom is 0.341 e. The molecule has 4 atom stereocenters. The lowest BCUT2D eigenvalue weighted by atomic mass is 9.43. The first kappa shape index (κ1) is 21.5. The minimum Gasteiger partial charge on any atom is -0.507 e. The third-order valence-electron chi connectivity index (χ3n) is 8.50. The van der Waals surface area contributed by atoms with Gasteiger partial charge in [-0.25, -0.2) is 13.2 Å². The Balaban J connectivity index is 1.85. The van der Waals surface area contributed by atoms with E-state index >= 15 is 0 Å². The maximum atomic E-state index is 13.4. The molecule has 4 unspecified atom stereocenters. The van der Waals surface area contributed by atoms with Crippen molar-refractivity contribution in [3.8, 4) is 11.5 Å². The number of rotatable bonds is 3. The molecule has 1 heterocycles. The largest absolute Gasteiger partial charge is 0.507 e. The molecule has 4 rings (SSSR count). The van der Waals surface area contributed by atoms with Crippen LogP contribution in [0.25, 0.3) is 0 Å². The van der Waals surface area contributed by atoms with E-state index in [1.165, 1.54) is 12.1 Å². The number of carboxylic acid groups (broad SMARTS) is 1. The number of ether oxygens (including phenoxy) is 1. The summed E-state index contributed by atoms with van der Waals surface area (Å²) in [7, 11) is -3.65. The molecule has 3 aliphatic rings. The zero-order chi connectivity index (χ0) is 22.1. The second kappa shape index (κ2) is 6.62. The second-order valence-electron chi connectivity index (χ2n) is 10.7. The van der Waals surface area contributed by atoms with Crippen LogP contribution in [0.5, 0.6) is 11.5 Å². The summed E-state index contributed by atoms with van der Waals surface area (Å²) in [6, 6.07) is 2.76. The van der Waals surface area contributed by atoms with E-state index in [0.29, 0.717) is 11.5 Å². The molecule has 0 radical (unpaired) electrons. The number of aromatic hydroxyl groups is 1. The van der Waals surface area contributed by atoms with Crippen molar-refractivity contribution in [3.63, 3.8) is 0 Å². The van der Waals surface area contributed by atoms with Gasteiger partial charge >= 0.3 is 5.97 Å². The monoisotopic (exact) mass is 436 g/mol. The lowest BCUT2D eigenvalue weighted by Crippen LogP contribution is -2.59. The lowest BCUT2D eigenvalue weighted by molar-refractivity contribution is -0.139. The zero-order valence-corrected chi connectivity index (χ0v) is 19.0. The minimum absolute atomic E-state index is 0.0569. The lowest BCUT2D eigenvalue weighted by Gasteiger charge is -2.63. The highest BCUT2D eigenvalue weighted by Crippen LogP contribution is 2.67. The predicted molar refractivity (Wildman–Crippen MR) is 113 cm³/mol. The van der Waals surface area contributed by atoms with Crippen molar-refractivity contribution in [3.05, 3.63) is 17.7 Å². The van der Waals surface area contributed by atoms with Crippen LogP contribution in [0.3, 0.4) is 0 Å². The number of hydrogen-bond donors (Lipinski definition) is 2. The molecular weight excluding hydrogens is 404 g/mol. The summed E-state index contributed by atoms with van der Waals surface area (Å²) >= 11 is 0. The van der Waals surface area contributed by atoms with Crippen LogP contribution in [0, 0.1) is 22.7 Å². The Morgan fingerprint density at radius 1 is 1.13 bits per heavy atom. The Morgan fingerprint density at radius 3 is 2.50 bits per heavy atom. The van der Waals surface area contributed by atoms with Gasteiger partial charge < -0.3 is 14.9 Å². The van der Waals surface area contributed by atoms with Gasteiger partial charge in [-0.3, -0.25) is 0 Å². The number of aliphatic carboxylic acids is 1. The van der Waals surface area contributed by atoms with Crippen LogP contribution < -0.4 is 4.74 Å². The SMILES string of the molecule is CC1(C)CCCC2(C)C1CCC1(C)c3c(O)cc(OCC(=O)O)cc3S(=O)(=O)CC12. The van der Waals surface area contributed by atoms with Crippen LogP contribution in [0.1, 0.15) is 65.4 Å². The fourth-order valence-electron chi connectivity index (χ4n) is 7.26. The molecule has 0 spiro atoms. The van der Waals surface area contributed by atoms with E-state index < -0.39 is 27.8 Å². The molecule has 2 fully saturated rings. The van der Waals surface area contributed by atoms with E-state index in [1.807, 2.05) is 0 Å². The maximum absolute atomic E-state index is 13.4. The topological polar surface area (TPSA) is 101 Å². The van der Waals surface area contributed by atoms with E-state index in [4.69, 9.17) is 9.84 Å². The molecule has 0 amide bonds. The first-order valence-corrected chi connectivity index (χ1v) is 12.4. The number of sulfone groups is 1. The standard InChI is InChI=1S/C23H32O6S/c1-21(2)7-5-8-22(3)17(21)6-9-23(4)18(22)13-30(27,28)16-11-14(29-12-19(25)26)10-15(24)20(16)23/h10-11,17-18,24H,5-9,12-13H2,1-4H3,(H,25,26). The Bertz CT molecular complexity index is 997. The molecule has 2 saturated carbocycles. The van der Waals surface area contributed by atoms with E-state index in [0.717, 1.165) is 32.1 Å². The molecule has 6 nitrogen and oxygen atoms in total. The molecule has 1 aliphatic heterocycles. The predicted octanol–water partition coefficient (Wildman–Crippen LogP) is 4.14. The average molecular weight is 437 g/mol. The van der Waals surface area contributed by atoms with Gasteiger partial charge in [0.1, 0.15) is 11.5 Å². The molecule has 2 aliphatic carbocycles. The van der Waals surface area contributed by atoms with Gasteiger partial charge in [0.05, 0.1) is 10.6 Å². The van der Waals surface area contributed by atoms with E-state index in [1.54, 1.807) is 0 Å². The Hall–Kier alpha value is -1.76. The highest BCUT2D eigenvalue weighted by molar-refractivity contribution is 7.91. The summed E-state index contributed by atoms with van der Waals surface area (Å²) in [6.07, 6.45) is 5.09. The third kappa shape index (κ3) is 3.03. The van der Waals surface area contributed by atoms with Gasteiger partial charge in [-0.15, -0.1) is 0 Å². The van der Waals surface area contributed by atoms with Crippen LogP contribution in [0.4, 0.5) is 0 Å². The smallest absolute Gasteiger partial charge is 0.341 e. The van der Waals surface area contributed by atoms with Crippen LogP contribution in [0.2, 0.25) is 0 Å². The highest BCUT2D eigenvalue weighted by Gasteiger charge is 2.62. The molecule has 1 aromatic rings. The highest BCUT2D eigenvalue weighted by atomic mass is 32.2. The molecular formula is C23H32O6S. The van der Waals surface area contributed by atoms with Crippen LogP contribution in [0.15, 0.2) is 17.0 Å². The number of benzene rings is 1. The van der Waals surface area contributed by atoms with Crippen molar-refractivity contribution < 1.29 is 28.2 Å². The summed E-state index contributed by atoms with van der Waals surface area (Å²) in [5.74, 6) is -0.764. The number of phenols is 1. The fraction of sp³-hybridized carbons (Fsp3) is 0.696. The van der Waals surface area contributed by atoms with Crippen LogP contribution >= 0.6 is 0 Å². The molecule has 0 bridgehead atoms. The Kier molecular flexibility index (Phi) is 4.74. The van der Waals surface area contributed by atoms with Crippen molar-refractivity contribution in [2.75, 3.05) is 12.4 Å². The summed E-state index contributed by atoms with van der Waals surface area (Å²) in [4.78, 5) is 10.9. The van der Waals surface area contributed by atoms with Crippen molar-refractivity contribution >= 4 is 15.8 Å². The normalized spacial score (nSPS) is 36.1. The van der Waals surface area contributed by atoms with E-state index in [9.17, 15) is 18.3 Å². The fourth-order valence-corrected chi connectivity index (χ4v) is 9.57. The molecule has 166 valence electrons. The molecule has 1 aromatic carbocycles. The van der Waals surface area contributed by atoms with Crippen LogP contribution in [-0.2, 0) is 20.0 Å².